The molecule has 3 aromatic carbocycles. The molecule has 0 saturated carbocycles. The average Bonchev–Trinajstić information content (AvgIpc) is 2.76. The third kappa shape index (κ3) is 6.30. The van der Waals surface area contributed by atoms with Crippen molar-refractivity contribution in [1.29, 1.82) is 0 Å². The number of hydrogen-bond acceptors (Lipinski definition) is 5. The second-order valence-electron chi connectivity index (χ2n) is 7.48. The van der Waals surface area contributed by atoms with E-state index in [0.29, 0.717) is 17.9 Å². The van der Waals surface area contributed by atoms with E-state index in [1.54, 1.807) is 19.4 Å². The van der Waals surface area contributed by atoms with Crippen LogP contribution in [0.4, 0.5) is 0 Å². The highest BCUT2D eigenvalue weighted by Gasteiger charge is 2.20. The molecule has 0 amide bonds. The molecule has 1 unspecified atom stereocenters. The largest absolute Gasteiger partial charge is 0.496 e. The van der Waals surface area contributed by atoms with Gasteiger partial charge in [-0.25, -0.2) is 4.79 Å². The summed E-state index contributed by atoms with van der Waals surface area (Å²) in [6, 6.07) is 19.7. The van der Waals surface area contributed by atoms with Crippen LogP contribution in [-0.2, 0) is 27.4 Å². The summed E-state index contributed by atoms with van der Waals surface area (Å²) in [7, 11) is 1.57. The number of benzene rings is 3. The van der Waals surface area contributed by atoms with Gasteiger partial charge in [0.1, 0.15) is 12.4 Å². The van der Waals surface area contributed by atoms with E-state index in [-0.39, 0.29) is 12.5 Å². The molecule has 6 nitrogen and oxygen atoms in total. The topological polar surface area (TPSA) is 77.4 Å². The van der Waals surface area contributed by atoms with E-state index in [9.17, 15) is 9.90 Å². The highest BCUT2D eigenvalue weighted by molar-refractivity contribution is 5.84. The van der Waals surface area contributed by atoms with E-state index in [4.69, 9.17) is 14.3 Å². The summed E-state index contributed by atoms with van der Waals surface area (Å²) in [6.45, 7) is 3.97. The van der Waals surface area contributed by atoms with Gasteiger partial charge in [0, 0.05) is 12.0 Å². The van der Waals surface area contributed by atoms with Crippen molar-refractivity contribution in [3.63, 3.8) is 0 Å². The number of aliphatic carboxylic acids is 1. The molecule has 1 atom stereocenters. The highest BCUT2D eigenvalue weighted by Crippen LogP contribution is 2.21. The average molecular weight is 421 g/mol. The molecule has 0 radical (unpaired) electrons. The Labute approximate surface area is 182 Å². The number of hydrogen-bond donors (Lipinski definition) is 1. The normalized spacial score (nSPS) is 12.4. The first-order valence-corrected chi connectivity index (χ1v) is 10.1. The maximum absolute atomic E-state index is 11.5. The van der Waals surface area contributed by atoms with Crippen molar-refractivity contribution in [2.24, 2.45) is 5.16 Å². The van der Waals surface area contributed by atoms with Gasteiger partial charge in [-0.3, -0.25) is 0 Å². The van der Waals surface area contributed by atoms with Crippen molar-refractivity contribution in [2.75, 3.05) is 7.11 Å². The minimum absolute atomic E-state index is 0.177. The van der Waals surface area contributed by atoms with Crippen molar-refractivity contribution in [3.8, 4) is 5.75 Å². The van der Waals surface area contributed by atoms with Gasteiger partial charge in [0.2, 0.25) is 0 Å². The first-order valence-electron chi connectivity index (χ1n) is 10.1. The summed E-state index contributed by atoms with van der Waals surface area (Å²) in [5.74, 6) is -0.364. The van der Waals surface area contributed by atoms with E-state index in [2.05, 4.69) is 29.4 Å². The lowest BCUT2D eigenvalue weighted by molar-refractivity contribution is -0.153. The van der Waals surface area contributed by atoms with Crippen LogP contribution in [0.2, 0.25) is 0 Å². The lowest BCUT2D eigenvalue weighted by Crippen LogP contribution is -2.29. The molecule has 3 rings (SSSR count). The maximum Gasteiger partial charge on any atom is 0.333 e. The van der Waals surface area contributed by atoms with Crippen LogP contribution in [0.1, 0.15) is 30.5 Å². The van der Waals surface area contributed by atoms with Gasteiger partial charge in [-0.05, 0) is 53.9 Å². The molecule has 0 bridgehead atoms. The first-order chi connectivity index (χ1) is 15.0. The lowest BCUT2D eigenvalue weighted by atomic mass is 10.0. The maximum atomic E-state index is 11.5. The molecule has 162 valence electrons. The molecule has 1 N–H and O–H groups in total. The second-order valence-corrected chi connectivity index (χ2v) is 7.48. The number of carboxylic acids is 1. The van der Waals surface area contributed by atoms with Crippen LogP contribution in [0, 0.1) is 0 Å². The Morgan fingerprint density at radius 1 is 1.03 bits per heavy atom. The smallest absolute Gasteiger partial charge is 0.333 e. The van der Waals surface area contributed by atoms with E-state index >= 15 is 0 Å². The molecule has 31 heavy (non-hydrogen) atoms. The summed E-state index contributed by atoms with van der Waals surface area (Å²) < 4.78 is 10.9. The zero-order valence-corrected chi connectivity index (χ0v) is 17.9. The van der Waals surface area contributed by atoms with Crippen molar-refractivity contribution in [1.82, 2.24) is 0 Å². The van der Waals surface area contributed by atoms with Crippen LogP contribution in [0.3, 0.4) is 0 Å². The minimum atomic E-state index is -0.988. The summed E-state index contributed by atoms with van der Waals surface area (Å²) in [4.78, 5) is 17.0. The van der Waals surface area contributed by atoms with Gasteiger partial charge in [0.25, 0.3) is 0 Å². The van der Waals surface area contributed by atoms with Gasteiger partial charge in [0.15, 0.2) is 6.10 Å². The number of methoxy groups -OCH3 is 1. The molecule has 0 fully saturated rings. The summed E-state index contributed by atoms with van der Waals surface area (Å²) in [6.07, 6.45) is 0.727. The number of nitrogens with zero attached hydrogens (tertiary/aromatic N) is 1. The van der Waals surface area contributed by atoms with Crippen LogP contribution >= 0.6 is 0 Å². The zero-order valence-electron chi connectivity index (χ0n) is 17.9. The fraction of sp³-hybridized carbons (Fsp3) is 0.280. The summed E-state index contributed by atoms with van der Waals surface area (Å²) in [5.41, 5.74) is 2.53. The van der Waals surface area contributed by atoms with Crippen molar-refractivity contribution < 1.29 is 24.2 Å². The van der Waals surface area contributed by atoms with Gasteiger partial charge in [-0.1, -0.05) is 47.6 Å². The van der Waals surface area contributed by atoms with E-state index in [1.165, 1.54) is 5.39 Å². The summed E-state index contributed by atoms with van der Waals surface area (Å²) in [5, 5.41) is 15.8. The number of ether oxygens (including phenoxy) is 2. The van der Waals surface area contributed by atoms with E-state index < -0.39 is 12.1 Å². The molecule has 0 aromatic heterocycles. The molecular formula is C25H27NO5. The van der Waals surface area contributed by atoms with Crippen LogP contribution in [0.25, 0.3) is 10.8 Å². The Hall–Kier alpha value is -3.38. The number of oxime groups is 1. The molecule has 0 aliphatic rings. The fourth-order valence-electron chi connectivity index (χ4n) is 3.28. The van der Waals surface area contributed by atoms with E-state index in [1.807, 2.05) is 44.2 Å². The zero-order chi connectivity index (χ0) is 22.2. The molecule has 6 heteroatoms. The Bertz CT molecular complexity index is 1060. The fourth-order valence-corrected chi connectivity index (χ4v) is 3.28. The van der Waals surface area contributed by atoms with Crippen molar-refractivity contribution in [3.05, 3.63) is 77.4 Å². The Balaban J connectivity index is 1.68. The second kappa shape index (κ2) is 10.6. The highest BCUT2D eigenvalue weighted by atomic mass is 16.6. The minimum Gasteiger partial charge on any atom is -0.496 e. The SMILES string of the molecule is COc1ccc(CC(OC(C)C)C(=O)O)cc1/C=N/OCc1ccc2ccccc2c1. The molecule has 3 aromatic rings. The van der Waals surface area contributed by atoms with Crippen LogP contribution in [0.15, 0.2) is 65.8 Å². The third-order valence-corrected chi connectivity index (χ3v) is 4.74. The van der Waals surface area contributed by atoms with Crippen LogP contribution < -0.4 is 4.74 Å². The van der Waals surface area contributed by atoms with Crippen molar-refractivity contribution >= 4 is 23.0 Å². The number of carboxylic acid groups (broad SMARTS) is 1. The Kier molecular flexibility index (Phi) is 7.62. The van der Waals surface area contributed by atoms with Crippen LogP contribution in [-0.4, -0.2) is 36.6 Å². The quantitative estimate of drug-likeness (QED) is 0.375. The lowest BCUT2D eigenvalue weighted by Gasteiger charge is -2.17. The van der Waals surface area contributed by atoms with Gasteiger partial charge >= 0.3 is 5.97 Å². The monoisotopic (exact) mass is 421 g/mol. The Morgan fingerprint density at radius 2 is 1.77 bits per heavy atom. The number of carbonyl (C=O) groups is 1. The Morgan fingerprint density at radius 3 is 2.48 bits per heavy atom. The van der Waals surface area contributed by atoms with Gasteiger partial charge in [-0.15, -0.1) is 0 Å². The predicted molar refractivity (Wildman–Crippen MR) is 121 cm³/mol. The number of fused-ring (bicyclic) bond motifs is 1. The predicted octanol–water partition coefficient (Wildman–Crippen LogP) is 4.82. The molecule has 0 aliphatic carbocycles. The van der Waals surface area contributed by atoms with Gasteiger partial charge in [0.05, 0.1) is 19.4 Å². The molecule has 0 saturated heterocycles. The van der Waals surface area contributed by atoms with Gasteiger partial charge < -0.3 is 19.4 Å². The third-order valence-electron chi connectivity index (χ3n) is 4.74. The number of rotatable bonds is 10. The van der Waals surface area contributed by atoms with Crippen molar-refractivity contribution in [2.45, 2.75) is 39.1 Å². The summed E-state index contributed by atoms with van der Waals surface area (Å²) >= 11 is 0. The molecule has 0 aliphatic heterocycles. The molecule has 0 spiro atoms. The van der Waals surface area contributed by atoms with Crippen LogP contribution in [0.5, 0.6) is 5.75 Å². The standard InChI is InChI=1S/C25H27NO5/c1-17(2)31-24(25(27)28)14-18-9-11-23(29-3)22(12-18)15-26-30-16-19-8-10-20-6-4-5-7-21(20)13-19/h4-13,15,17,24H,14,16H2,1-3H3,(H,27,28)/b26-15+. The van der Waals surface area contributed by atoms with Gasteiger partial charge in [-0.2, -0.15) is 0 Å². The molecule has 0 heterocycles. The van der Waals surface area contributed by atoms with E-state index in [0.717, 1.165) is 16.5 Å². The molecular weight excluding hydrogens is 394 g/mol. The first kappa shape index (κ1) is 22.3.